The van der Waals surface area contributed by atoms with Crippen molar-refractivity contribution in [1.29, 1.82) is 0 Å². The van der Waals surface area contributed by atoms with E-state index in [9.17, 15) is 14.7 Å². The predicted molar refractivity (Wildman–Crippen MR) is 97.1 cm³/mol. The van der Waals surface area contributed by atoms with Gasteiger partial charge in [0.1, 0.15) is 17.2 Å². The van der Waals surface area contributed by atoms with Gasteiger partial charge in [0, 0.05) is 22.5 Å². The molecule has 0 spiro atoms. The van der Waals surface area contributed by atoms with Crippen LogP contribution in [0.25, 0.3) is 10.9 Å². The van der Waals surface area contributed by atoms with Crippen molar-refractivity contribution in [3.63, 3.8) is 0 Å². The van der Waals surface area contributed by atoms with Gasteiger partial charge in [0.05, 0.1) is 26.3 Å². The molecule has 0 unspecified atom stereocenters. The van der Waals surface area contributed by atoms with Crippen molar-refractivity contribution >= 4 is 28.5 Å². The summed E-state index contributed by atoms with van der Waals surface area (Å²) in [5.41, 5.74) is 1.62. The molecule has 7 nitrogen and oxygen atoms in total. The maximum Gasteiger partial charge on any atom is 0.352 e. The third-order valence-corrected chi connectivity index (χ3v) is 4.05. The fraction of sp³-hybridized carbons (Fsp3) is 0.158. The zero-order valence-corrected chi connectivity index (χ0v) is 14.3. The Kier molecular flexibility index (Phi) is 4.79. The number of hydrogen-bond donors (Lipinski definition) is 3. The minimum atomic E-state index is -1.11. The van der Waals surface area contributed by atoms with E-state index in [0.717, 1.165) is 0 Å². The van der Waals surface area contributed by atoms with Gasteiger partial charge in [-0.2, -0.15) is 0 Å². The number of nitrogens with one attached hydrogen (secondary N) is 2. The van der Waals surface area contributed by atoms with Gasteiger partial charge in [-0.05, 0) is 18.2 Å². The third kappa shape index (κ3) is 3.32. The van der Waals surface area contributed by atoms with Crippen molar-refractivity contribution in [2.24, 2.45) is 0 Å². The van der Waals surface area contributed by atoms with Crippen LogP contribution in [0.2, 0.25) is 0 Å². The highest BCUT2D eigenvalue weighted by Gasteiger charge is 2.20. The molecular formula is C19H18N2O5. The standard InChI is InChI=1S/C19H18N2O5/c1-25-11-7-8-15(16(9-11)26-2)20-17(22)10-13-12-5-3-4-6-14(12)21-18(13)19(23)24/h3-9,21H,10H2,1-2H3,(H,20,22)(H,23,24). The second-order valence-electron chi connectivity index (χ2n) is 5.62. The number of carboxylic acid groups (broad SMARTS) is 1. The molecule has 0 aliphatic heterocycles. The highest BCUT2D eigenvalue weighted by molar-refractivity contribution is 6.02. The maximum atomic E-state index is 12.5. The van der Waals surface area contributed by atoms with E-state index < -0.39 is 5.97 Å². The van der Waals surface area contributed by atoms with Gasteiger partial charge in [0.15, 0.2) is 0 Å². The van der Waals surface area contributed by atoms with Crippen molar-refractivity contribution in [3.05, 3.63) is 53.7 Å². The molecule has 1 amide bonds. The van der Waals surface area contributed by atoms with Crippen LogP contribution in [0.4, 0.5) is 5.69 Å². The van der Waals surface area contributed by atoms with Gasteiger partial charge in [-0.15, -0.1) is 0 Å². The molecule has 0 aliphatic carbocycles. The monoisotopic (exact) mass is 354 g/mol. The number of carboxylic acids is 1. The molecule has 0 fully saturated rings. The minimum Gasteiger partial charge on any atom is -0.497 e. The number of carbonyl (C=O) groups is 2. The van der Waals surface area contributed by atoms with Crippen LogP contribution in [0.5, 0.6) is 11.5 Å². The summed E-state index contributed by atoms with van der Waals surface area (Å²) >= 11 is 0. The van der Waals surface area contributed by atoms with Crippen molar-refractivity contribution < 1.29 is 24.2 Å². The van der Waals surface area contributed by atoms with E-state index in [2.05, 4.69) is 10.3 Å². The van der Waals surface area contributed by atoms with E-state index in [1.165, 1.54) is 14.2 Å². The molecule has 26 heavy (non-hydrogen) atoms. The molecule has 2 aromatic carbocycles. The van der Waals surface area contributed by atoms with Crippen molar-refractivity contribution in [3.8, 4) is 11.5 Å². The first-order valence-corrected chi connectivity index (χ1v) is 7.88. The lowest BCUT2D eigenvalue weighted by Gasteiger charge is -2.11. The number of fused-ring (bicyclic) bond motifs is 1. The summed E-state index contributed by atoms with van der Waals surface area (Å²) in [6, 6.07) is 12.2. The number of ether oxygens (including phenoxy) is 2. The number of aromatic nitrogens is 1. The lowest BCUT2D eigenvalue weighted by molar-refractivity contribution is -0.115. The fourth-order valence-corrected chi connectivity index (χ4v) is 2.82. The average Bonchev–Trinajstić information content (AvgIpc) is 3.01. The molecule has 0 saturated carbocycles. The van der Waals surface area contributed by atoms with E-state index in [1.54, 1.807) is 42.5 Å². The normalized spacial score (nSPS) is 10.5. The first-order valence-electron chi connectivity index (χ1n) is 7.88. The topological polar surface area (TPSA) is 101 Å². The van der Waals surface area contributed by atoms with Crippen molar-refractivity contribution in [1.82, 2.24) is 4.98 Å². The quantitative estimate of drug-likeness (QED) is 0.632. The Balaban J connectivity index is 1.88. The van der Waals surface area contributed by atoms with E-state index in [0.29, 0.717) is 33.7 Å². The minimum absolute atomic E-state index is 0.0167. The summed E-state index contributed by atoms with van der Waals surface area (Å²) < 4.78 is 10.4. The number of benzene rings is 2. The van der Waals surface area contributed by atoms with Gasteiger partial charge in [-0.1, -0.05) is 18.2 Å². The molecule has 0 aliphatic rings. The van der Waals surface area contributed by atoms with Crippen LogP contribution >= 0.6 is 0 Å². The molecule has 1 heterocycles. The van der Waals surface area contributed by atoms with E-state index in [4.69, 9.17) is 9.47 Å². The first-order chi connectivity index (χ1) is 12.5. The number of amides is 1. The Hall–Kier alpha value is -3.48. The number of methoxy groups -OCH3 is 2. The van der Waals surface area contributed by atoms with Gasteiger partial charge >= 0.3 is 5.97 Å². The predicted octanol–water partition coefficient (Wildman–Crippen LogP) is 3.06. The Labute approximate surface area is 149 Å². The summed E-state index contributed by atoms with van der Waals surface area (Å²) in [7, 11) is 3.03. The smallest absolute Gasteiger partial charge is 0.352 e. The SMILES string of the molecule is COc1ccc(NC(=O)Cc2c(C(=O)O)[nH]c3ccccc23)c(OC)c1. The Morgan fingerprint density at radius 2 is 1.88 bits per heavy atom. The molecule has 3 N–H and O–H groups in total. The van der Waals surface area contributed by atoms with Crippen LogP contribution in [0.3, 0.4) is 0 Å². The molecule has 134 valence electrons. The van der Waals surface area contributed by atoms with Crippen LogP contribution in [-0.4, -0.2) is 36.2 Å². The number of rotatable bonds is 6. The zero-order chi connectivity index (χ0) is 18.7. The molecule has 0 atom stereocenters. The highest BCUT2D eigenvalue weighted by Crippen LogP contribution is 2.29. The summed E-state index contributed by atoms with van der Waals surface area (Å²) in [6.07, 6.45) is -0.0825. The third-order valence-electron chi connectivity index (χ3n) is 4.05. The molecule has 7 heteroatoms. The molecule has 0 radical (unpaired) electrons. The molecule has 1 aromatic heterocycles. The molecule has 0 bridgehead atoms. The Morgan fingerprint density at radius 3 is 2.58 bits per heavy atom. The number of para-hydroxylation sites is 1. The van der Waals surface area contributed by atoms with Crippen LogP contribution < -0.4 is 14.8 Å². The van der Waals surface area contributed by atoms with Gasteiger partial charge in [-0.25, -0.2) is 4.79 Å². The molecular weight excluding hydrogens is 336 g/mol. The van der Waals surface area contributed by atoms with Crippen molar-refractivity contribution in [2.45, 2.75) is 6.42 Å². The average molecular weight is 354 g/mol. The fourth-order valence-electron chi connectivity index (χ4n) is 2.82. The molecule has 3 rings (SSSR count). The number of anilines is 1. The van der Waals surface area contributed by atoms with Gasteiger partial charge in [-0.3, -0.25) is 4.79 Å². The summed E-state index contributed by atoms with van der Waals surface area (Å²) in [5.74, 6) is -0.397. The van der Waals surface area contributed by atoms with Crippen LogP contribution in [-0.2, 0) is 11.2 Å². The second-order valence-corrected chi connectivity index (χ2v) is 5.62. The number of carbonyl (C=O) groups excluding carboxylic acids is 1. The largest absolute Gasteiger partial charge is 0.497 e. The summed E-state index contributed by atoms with van der Waals surface area (Å²) in [5, 5.41) is 12.9. The number of H-pyrrole nitrogens is 1. The molecule has 0 saturated heterocycles. The Bertz CT molecular complexity index is 977. The first kappa shape index (κ1) is 17.3. The van der Waals surface area contributed by atoms with Crippen LogP contribution in [0, 0.1) is 0 Å². The second kappa shape index (κ2) is 7.18. The van der Waals surface area contributed by atoms with Crippen LogP contribution in [0.1, 0.15) is 16.1 Å². The van der Waals surface area contributed by atoms with Gasteiger partial charge in [0.2, 0.25) is 5.91 Å². The lowest BCUT2D eigenvalue weighted by Crippen LogP contribution is -2.16. The highest BCUT2D eigenvalue weighted by atomic mass is 16.5. The maximum absolute atomic E-state index is 12.5. The van der Waals surface area contributed by atoms with E-state index in [-0.39, 0.29) is 18.0 Å². The summed E-state index contributed by atoms with van der Waals surface area (Å²) in [4.78, 5) is 26.9. The van der Waals surface area contributed by atoms with Crippen molar-refractivity contribution in [2.75, 3.05) is 19.5 Å². The number of aromatic amines is 1. The number of aromatic carboxylic acids is 1. The zero-order valence-electron chi connectivity index (χ0n) is 14.3. The van der Waals surface area contributed by atoms with E-state index in [1.807, 2.05) is 0 Å². The lowest BCUT2D eigenvalue weighted by atomic mass is 10.1. The van der Waals surface area contributed by atoms with Gasteiger partial charge in [0.25, 0.3) is 0 Å². The van der Waals surface area contributed by atoms with Gasteiger partial charge < -0.3 is 24.9 Å². The molecule has 3 aromatic rings. The van der Waals surface area contributed by atoms with Crippen LogP contribution in [0.15, 0.2) is 42.5 Å². The Morgan fingerprint density at radius 1 is 1.12 bits per heavy atom. The number of hydrogen-bond acceptors (Lipinski definition) is 4. The summed E-state index contributed by atoms with van der Waals surface area (Å²) in [6.45, 7) is 0. The van der Waals surface area contributed by atoms with E-state index >= 15 is 0 Å².